The van der Waals surface area contributed by atoms with E-state index in [1.165, 1.54) is 19.3 Å². The van der Waals surface area contributed by atoms with Gasteiger partial charge in [0.1, 0.15) is 17.7 Å². The van der Waals surface area contributed by atoms with Crippen molar-refractivity contribution in [1.29, 1.82) is 0 Å². The van der Waals surface area contributed by atoms with Crippen molar-refractivity contribution >= 4 is 0 Å². The molecule has 2 unspecified atom stereocenters. The summed E-state index contributed by atoms with van der Waals surface area (Å²) in [6.45, 7) is 5.02. The van der Waals surface area contributed by atoms with E-state index in [9.17, 15) is 5.11 Å². The van der Waals surface area contributed by atoms with Crippen molar-refractivity contribution in [2.75, 3.05) is 6.54 Å². The summed E-state index contributed by atoms with van der Waals surface area (Å²) in [4.78, 5) is 7.01. The molecule has 0 amide bonds. The quantitative estimate of drug-likeness (QED) is 0.887. The van der Waals surface area contributed by atoms with Crippen molar-refractivity contribution in [3.05, 3.63) is 42.4 Å². The fraction of sp³-hybridized carbons (Fsp3) is 0.611. The van der Waals surface area contributed by atoms with E-state index < -0.39 is 6.10 Å². The summed E-state index contributed by atoms with van der Waals surface area (Å²) < 4.78 is 7.56. The first-order valence-corrected chi connectivity index (χ1v) is 8.73. The van der Waals surface area contributed by atoms with Crippen LogP contribution in [-0.4, -0.2) is 32.1 Å². The molecule has 5 nitrogen and oxygen atoms in total. The fourth-order valence-electron chi connectivity index (χ4n) is 3.53. The van der Waals surface area contributed by atoms with Gasteiger partial charge in [-0.1, -0.05) is 12.8 Å². The highest BCUT2D eigenvalue weighted by Crippen LogP contribution is 2.27. The van der Waals surface area contributed by atoms with Gasteiger partial charge >= 0.3 is 0 Å². The Balaban J connectivity index is 1.69. The van der Waals surface area contributed by atoms with E-state index >= 15 is 0 Å². The van der Waals surface area contributed by atoms with Gasteiger partial charge in [0.15, 0.2) is 0 Å². The summed E-state index contributed by atoms with van der Waals surface area (Å²) in [5, 5.41) is 10.5. The molecule has 3 rings (SSSR count). The Morgan fingerprint density at radius 3 is 3.09 bits per heavy atom. The molecule has 1 fully saturated rings. The number of aryl methyl sites for hydroxylation is 1. The van der Waals surface area contributed by atoms with Gasteiger partial charge in [-0.15, -0.1) is 0 Å². The van der Waals surface area contributed by atoms with Crippen molar-refractivity contribution in [2.24, 2.45) is 0 Å². The number of furan rings is 1. The van der Waals surface area contributed by atoms with E-state index in [2.05, 4.69) is 21.4 Å². The molecule has 2 aromatic rings. The Morgan fingerprint density at radius 2 is 2.30 bits per heavy atom. The second kappa shape index (κ2) is 7.79. The molecule has 1 aliphatic heterocycles. The smallest absolute Gasteiger partial charge is 0.132 e. The minimum Gasteiger partial charge on any atom is -0.467 e. The summed E-state index contributed by atoms with van der Waals surface area (Å²) in [6, 6.07) is 4.07. The average Bonchev–Trinajstić information content (AvgIpc) is 3.19. The lowest BCUT2D eigenvalue weighted by Gasteiger charge is -2.31. The molecule has 3 heterocycles. The Labute approximate surface area is 137 Å². The first-order valence-electron chi connectivity index (χ1n) is 8.73. The van der Waals surface area contributed by atoms with Crippen molar-refractivity contribution in [3.63, 3.8) is 0 Å². The fourth-order valence-corrected chi connectivity index (χ4v) is 3.53. The van der Waals surface area contributed by atoms with Crippen LogP contribution < -0.4 is 0 Å². The highest BCUT2D eigenvalue weighted by molar-refractivity contribution is 5.03. The number of nitrogens with zero attached hydrogens (tertiary/aromatic N) is 3. The molecule has 1 N–H and O–H groups in total. The maximum Gasteiger partial charge on any atom is 0.132 e. The molecular weight excluding hydrogens is 290 g/mol. The van der Waals surface area contributed by atoms with E-state index in [1.54, 1.807) is 6.26 Å². The lowest BCUT2D eigenvalue weighted by molar-refractivity contribution is 0.0814. The molecular formula is C18H27N3O2. The molecule has 126 valence electrons. The van der Waals surface area contributed by atoms with Crippen LogP contribution in [0.15, 0.2) is 35.2 Å². The van der Waals surface area contributed by atoms with Gasteiger partial charge in [0.2, 0.25) is 0 Å². The Kier molecular flexibility index (Phi) is 5.51. The van der Waals surface area contributed by atoms with Gasteiger partial charge in [-0.3, -0.25) is 4.90 Å². The van der Waals surface area contributed by atoms with Gasteiger partial charge in [-0.2, -0.15) is 0 Å². The summed E-state index contributed by atoms with van der Waals surface area (Å²) in [7, 11) is 0. The number of rotatable bonds is 6. The number of imidazole rings is 1. The van der Waals surface area contributed by atoms with Crippen molar-refractivity contribution in [2.45, 2.75) is 64.3 Å². The topological polar surface area (TPSA) is 54.4 Å². The highest BCUT2D eigenvalue weighted by Gasteiger charge is 2.26. The third-order valence-electron chi connectivity index (χ3n) is 4.85. The standard InChI is InChI=1S/C18H27N3O2/c1-2-20-11-9-19-18(20)14-21-10-5-3-4-7-15(21)13-16(22)17-8-6-12-23-17/h6,8-9,11-12,15-16,22H,2-5,7,10,13-14H2,1H3. The molecule has 2 atom stereocenters. The molecule has 0 spiro atoms. The highest BCUT2D eigenvalue weighted by atomic mass is 16.4. The lowest BCUT2D eigenvalue weighted by atomic mass is 10.0. The van der Waals surface area contributed by atoms with Crippen LogP contribution in [0.1, 0.15) is 56.7 Å². The molecule has 5 heteroatoms. The second-order valence-corrected chi connectivity index (χ2v) is 6.37. The van der Waals surface area contributed by atoms with Gasteiger partial charge < -0.3 is 14.1 Å². The molecule has 0 radical (unpaired) electrons. The van der Waals surface area contributed by atoms with Crippen LogP contribution >= 0.6 is 0 Å². The summed E-state index contributed by atoms with van der Waals surface area (Å²) in [5.74, 6) is 1.79. The normalized spacial score (nSPS) is 21.2. The van der Waals surface area contributed by atoms with Crippen molar-refractivity contribution in [3.8, 4) is 0 Å². The van der Waals surface area contributed by atoms with Crippen LogP contribution in [0.3, 0.4) is 0 Å². The minimum atomic E-state index is -0.526. The van der Waals surface area contributed by atoms with E-state index in [0.717, 1.165) is 38.3 Å². The molecule has 0 aliphatic carbocycles. The Hall–Kier alpha value is -1.59. The number of likely N-dealkylation sites (tertiary alicyclic amines) is 1. The third kappa shape index (κ3) is 4.03. The van der Waals surface area contributed by atoms with Gasteiger partial charge in [-0.05, 0) is 44.9 Å². The Morgan fingerprint density at radius 1 is 1.39 bits per heavy atom. The van der Waals surface area contributed by atoms with E-state index in [4.69, 9.17) is 4.42 Å². The predicted molar refractivity (Wildman–Crippen MR) is 88.9 cm³/mol. The van der Waals surface area contributed by atoms with Gasteiger partial charge in [0.05, 0.1) is 12.8 Å². The molecule has 1 saturated heterocycles. The molecule has 0 bridgehead atoms. The average molecular weight is 317 g/mol. The van der Waals surface area contributed by atoms with Crippen LogP contribution in [0.2, 0.25) is 0 Å². The summed E-state index contributed by atoms with van der Waals surface area (Å²) in [6.07, 6.45) is 10.6. The maximum absolute atomic E-state index is 10.5. The monoisotopic (exact) mass is 317 g/mol. The number of hydrogen-bond donors (Lipinski definition) is 1. The number of aromatic nitrogens is 2. The molecule has 1 aliphatic rings. The molecule has 0 saturated carbocycles. The van der Waals surface area contributed by atoms with Crippen LogP contribution in [0.4, 0.5) is 0 Å². The third-order valence-corrected chi connectivity index (χ3v) is 4.85. The Bertz CT molecular complexity index is 579. The van der Waals surface area contributed by atoms with Gasteiger partial charge in [0, 0.05) is 25.0 Å². The zero-order valence-corrected chi connectivity index (χ0v) is 13.9. The zero-order chi connectivity index (χ0) is 16.1. The van der Waals surface area contributed by atoms with Crippen LogP contribution in [0.5, 0.6) is 0 Å². The number of aliphatic hydroxyl groups excluding tert-OH is 1. The SMILES string of the molecule is CCn1ccnc1CN1CCCCCC1CC(O)c1ccco1. The van der Waals surface area contributed by atoms with E-state index in [1.807, 2.05) is 24.5 Å². The first-order chi connectivity index (χ1) is 11.3. The molecule has 0 aromatic carbocycles. The van der Waals surface area contributed by atoms with Gasteiger partial charge in [-0.25, -0.2) is 4.98 Å². The van der Waals surface area contributed by atoms with Crippen LogP contribution in [0.25, 0.3) is 0 Å². The summed E-state index contributed by atoms with van der Waals surface area (Å²) >= 11 is 0. The maximum atomic E-state index is 10.5. The molecule has 2 aromatic heterocycles. The van der Waals surface area contributed by atoms with E-state index in [-0.39, 0.29) is 0 Å². The van der Waals surface area contributed by atoms with Gasteiger partial charge in [0.25, 0.3) is 0 Å². The predicted octanol–water partition coefficient (Wildman–Crippen LogP) is 3.36. The number of hydrogen-bond acceptors (Lipinski definition) is 4. The molecule has 23 heavy (non-hydrogen) atoms. The van der Waals surface area contributed by atoms with E-state index in [0.29, 0.717) is 11.8 Å². The largest absolute Gasteiger partial charge is 0.467 e. The number of aliphatic hydroxyl groups is 1. The minimum absolute atomic E-state index is 0.375. The lowest BCUT2D eigenvalue weighted by Crippen LogP contribution is -2.36. The van der Waals surface area contributed by atoms with Crippen molar-refractivity contribution in [1.82, 2.24) is 14.5 Å². The van der Waals surface area contributed by atoms with Crippen LogP contribution in [-0.2, 0) is 13.1 Å². The van der Waals surface area contributed by atoms with Crippen molar-refractivity contribution < 1.29 is 9.52 Å². The summed E-state index contributed by atoms with van der Waals surface area (Å²) in [5.41, 5.74) is 0. The first kappa shape index (κ1) is 16.3. The zero-order valence-electron chi connectivity index (χ0n) is 13.9. The van der Waals surface area contributed by atoms with Crippen LogP contribution in [0, 0.1) is 0 Å². The second-order valence-electron chi connectivity index (χ2n) is 6.37.